The Hall–Kier alpha value is -1.07. The van der Waals surface area contributed by atoms with Crippen molar-refractivity contribution in [1.29, 1.82) is 5.26 Å². The van der Waals surface area contributed by atoms with Crippen LogP contribution in [0, 0.1) is 11.3 Å². The minimum Gasteiger partial charge on any atom is -0.310 e. The molecule has 2 nitrogen and oxygen atoms in total. The van der Waals surface area contributed by atoms with Gasteiger partial charge in [0, 0.05) is 20.0 Å². The van der Waals surface area contributed by atoms with E-state index >= 15 is 0 Å². The molecule has 0 saturated heterocycles. The van der Waals surface area contributed by atoms with E-state index in [9.17, 15) is 0 Å². The second-order valence-electron chi connectivity index (χ2n) is 1.46. The third-order valence-corrected chi connectivity index (χ3v) is 0.577. The van der Waals surface area contributed by atoms with Gasteiger partial charge in [-0.15, -0.1) is 13.2 Å². The molecule has 0 aromatic carbocycles. The van der Waals surface area contributed by atoms with Gasteiger partial charge in [0.25, 0.3) is 0 Å². The van der Waals surface area contributed by atoms with Crippen molar-refractivity contribution in [3.8, 4) is 6.07 Å². The Morgan fingerprint density at radius 1 is 1.40 bits per heavy atom. The zero-order valence-corrected chi connectivity index (χ0v) is 6.43. The first kappa shape index (κ1) is 11.7. The van der Waals surface area contributed by atoms with E-state index in [1.54, 1.807) is 6.07 Å². The van der Waals surface area contributed by atoms with E-state index in [0.29, 0.717) is 0 Å². The van der Waals surface area contributed by atoms with Gasteiger partial charge in [0.1, 0.15) is 0 Å². The average molecular weight is 138 g/mol. The van der Waals surface area contributed by atoms with Gasteiger partial charge >= 0.3 is 0 Å². The number of rotatable bonds is 4. The van der Waals surface area contributed by atoms with E-state index in [0.717, 1.165) is 13.1 Å². The maximum Gasteiger partial charge on any atom is 0.0587 e. The molecule has 56 valence electrons. The maximum absolute atomic E-state index is 7.32. The predicted molar refractivity (Wildman–Crippen MR) is 44.6 cm³/mol. The Balaban J connectivity index is 0. The Bertz CT molecular complexity index is 103. The molecule has 0 aromatic rings. The fraction of sp³-hybridized carbons (Fsp3) is 0.375. The van der Waals surface area contributed by atoms with Gasteiger partial charge in [-0.05, 0) is 0 Å². The summed E-state index contributed by atoms with van der Waals surface area (Å²) in [6.07, 6.45) is 3.65. The normalized spacial score (nSPS) is 6.40. The van der Waals surface area contributed by atoms with Gasteiger partial charge in [-0.25, -0.2) is 0 Å². The van der Waals surface area contributed by atoms with Gasteiger partial charge in [0.15, 0.2) is 0 Å². The van der Waals surface area contributed by atoms with E-state index in [-0.39, 0.29) is 0 Å². The highest BCUT2D eigenvalue weighted by Crippen LogP contribution is 1.59. The standard InChI is InChI=1S/C6H11N.C2H3N/c1-3-5-7-6-4-2;1-2-3/h3-4,7H,1-2,5-6H2;1H3. The van der Waals surface area contributed by atoms with Gasteiger partial charge in [-0.2, -0.15) is 5.26 Å². The van der Waals surface area contributed by atoms with Gasteiger partial charge < -0.3 is 5.32 Å². The van der Waals surface area contributed by atoms with Crippen LogP contribution in [0.3, 0.4) is 0 Å². The van der Waals surface area contributed by atoms with E-state index in [4.69, 9.17) is 5.26 Å². The number of nitrogens with one attached hydrogen (secondary N) is 1. The SMILES string of the molecule is C=CCNCC=C.CC#N. The Morgan fingerprint density at radius 3 is 1.90 bits per heavy atom. The fourth-order valence-corrected chi connectivity index (χ4v) is 0.287. The summed E-state index contributed by atoms with van der Waals surface area (Å²) in [4.78, 5) is 0. The summed E-state index contributed by atoms with van der Waals surface area (Å²) in [5, 5.41) is 10.4. The molecule has 0 spiro atoms. The summed E-state index contributed by atoms with van der Waals surface area (Å²) in [5.74, 6) is 0. The van der Waals surface area contributed by atoms with Crippen molar-refractivity contribution in [2.75, 3.05) is 13.1 Å². The van der Waals surface area contributed by atoms with Gasteiger partial charge in [-0.3, -0.25) is 0 Å². The van der Waals surface area contributed by atoms with Crippen LogP contribution in [-0.4, -0.2) is 13.1 Å². The molecule has 0 rings (SSSR count). The third kappa shape index (κ3) is 28.4. The lowest BCUT2D eigenvalue weighted by Crippen LogP contribution is -2.11. The average Bonchev–Trinajstić information content (AvgIpc) is 1.91. The molecule has 0 fully saturated rings. The fourth-order valence-electron chi connectivity index (χ4n) is 0.287. The van der Waals surface area contributed by atoms with Crippen LogP contribution in [0.4, 0.5) is 0 Å². The van der Waals surface area contributed by atoms with Crippen LogP contribution in [0.1, 0.15) is 6.92 Å². The number of hydrogen-bond donors (Lipinski definition) is 1. The highest BCUT2D eigenvalue weighted by molar-refractivity contribution is 4.75. The first-order chi connectivity index (χ1) is 4.83. The Morgan fingerprint density at radius 2 is 1.70 bits per heavy atom. The van der Waals surface area contributed by atoms with Crippen molar-refractivity contribution in [1.82, 2.24) is 5.32 Å². The summed E-state index contributed by atoms with van der Waals surface area (Å²) in [6.45, 7) is 10.2. The van der Waals surface area contributed by atoms with E-state index < -0.39 is 0 Å². The molecule has 0 aliphatic heterocycles. The highest BCUT2D eigenvalue weighted by atomic mass is 14.8. The van der Waals surface area contributed by atoms with Crippen LogP contribution in [0.15, 0.2) is 25.3 Å². The molecular formula is C8H14N2. The van der Waals surface area contributed by atoms with Crippen molar-refractivity contribution in [2.45, 2.75) is 6.92 Å². The highest BCUT2D eigenvalue weighted by Gasteiger charge is 1.69. The largest absolute Gasteiger partial charge is 0.310 e. The minimum absolute atomic E-state index is 0.867. The van der Waals surface area contributed by atoms with Crippen LogP contribution in [0.5, 0.6) is 0 Å². The second-order valence-corrected chi connectivity index (χ2v) is 1.46. The van der Waals surface area contributed by atoms with Crippen molar-refractivity contribution in [3.63, 3.8) is 0 Å². The molecule has 0 saturated carbocycles. The van der Waals surface area contributed by atoms with Crippen LogP contribution >= 0.6 is 0 Å². The molecule has 0 unspecified atom stereocenters. The molecule has 1 N–H and O–H groups in total. The first-order valence-corrected chi connectivity index (χ1v) is 3.06. The minimum atomic E-state index is 0.867. The molecule has 0 amide bonds. The molecular weight excluding hydrogens is 124 g/mol. The zero-order chi connectivity index (χ0) is 8.24. The van der Waals surface area contributed by atoms with E-state index in [1.165, 1.54) is 6.92 Å². The van der Waals surface area contributed by atoms with Gasteiger partial charge in [0.2, 0.25) is 0 Å². The lowest BCUT2D eigenvalue weighted by Gasteiger charge is -1.90. The number of hydrogen-bond acceptors (Lipinski definition) is 2. The molecule has 0 atom stereocenters. The van der Waals surface area contributed by atoms with Crippen molar-refractivity contribution in [2.24, 2.45) is 0 Å². The molecule has 0 aliphatic carbocycles. The van der Waals surface area contributed by atoms with Gasteiger partial charge in [-0.1, -0.05) is 12.2 Å². The van der Waals surface area contributed by atoms with Crippen LogP contribution < -0.4 is 5.32 Å². The van der Waals surface area contributed by atoms with E-state index in [1.807, 2.05) is 12.2 Å². The molecule has 0 aliphatic rings. The topological polar surface area (TPSA) is 35.8 Å². The van der Waals surface area contributed by atoms with Crippen LogP contribution in [-0.2, 0) is 0 Å². The van der Waals surface area contributed by atoms with Crippen molar-refractivity contribution < 1.29 is 0 Å². The van der Waals surface area contributed by atoms with Crippen LogP contribution in [0.25, 0.3) is 0 Å². The van der Waals surface area contributed by atoms with E-state index in [2.05, 4.69) is 18.5 Å². The van der Waals surface area contributed by atoms with Crippen LogP contribution in [0.2, 0.25) is 0 Å². The first-order valence-electron chi connectivity index (χ1n) is 3.06. The predicted octanol–water partition coefficient (Wildman–Crippen LogP) is 1.48. The third-order valence-electron chi connectivity index (χ3n) is 0.577. The Labute approximate surface area is 62.9 Å². The summed E-state index contributed by atoms with van der Waals surface area (Å²) in [6, 6.07) is 1.75. The Kier molecular flexibility index (Phi) is 18.3. The lowest BCUT2D eigenvalue weighted by molar-refractivity contribution is 0.845. The summed E-state index contributed by atoms with van der Waals surface area (Å²) >= 11 is 0. The molecule has 0 radical (unpaired) electrons. The smallest absolute Gasteiger partial charge is 0.0587 e. The maximum atomic E-state index is 7.32. The van der Waals surface area contributed by atoms with Crippen molar-refractivity contribution in [3.05, 3.63) is 25.3 Å². The molecule has 0 heterocycles. The quantitative estimate of drug-likeness (QED) is 0.472. The summed E-state index contributed by atoms with van der Waals surface area (Å²) in [5.41, 5.74) is 0. The molecule has 2 heteroatoms. The lowest BCUT2D eigenvalue weighted by atomic mass is 10.5. The number of nitriles is 1. The molecule has 0 bridgehead atoms. The zero-order valence-electron chi connectivity index (χ0n) is 6.43. The van der Waals surface area contributed by atoms with Gasteiger partial charge in [0.05, 0.1) is 6.07 Å². The summed E-state index contributed by atoms with van der Waals surface area (Å²) in [7, 11) is 0. The van der Waals surface area contributed by atoms with Crippen molar-refractivity contribution >= 4 is 0 Å². The summed E-state index contributed by atoms with van der Waals surface area (Å²) < 4.78 is 0. The molecule has 0 aromatic heterocycles. The monoisotopic (exact) mass is 138 g/mol. The molecule has 10 heavy (non-hydrogen) atoms. The number of nitrogens with zero attached hydrogens (tertiary/aromatic N) is 1. The second kappa shape index (κ2) is 15.7.